The lowest BCUT2D eigenvalue weighted by Crippen LogP contribution is -2.38. The second-order valence-corrected chi connectivity index (χ2v) is 7.44. The van der Waals surface area contributed by atoms with Crippen LogP contribution in [0.15, 0.2) is 60.9 Å². The number of urea groups is 1. The van der Waals surface area contributed by atoms with Gasteiger partial charge in [-0.05, 0) is 29.8 Å². The first-order valence-corrected chi connectivity index (χ1v) is 10.8. The summed E-state index contributed by atoms with van der Waals surface area (Å²) in [6.07, 6.45) is 1.63. The third-order valence-electron chi connectivity index (χ3n) is 5.19. The van der Waals surface area contributed by atoms with Gasteiger partial charge in [0.2, 0.25) is 0 Å². The number of amides is 2. The fraction of sp³-hybridized carbons (Fsp3) is 0.348. The van der Waals surface area contributed by atoms with Crippen LogP contribution in [0.5, 0.6) is 5.75 Å². The van der Waals surface area contributed by atoms with Crippen molar-refractivity contribution in [2.45, 2.75) is 13.1 Å². The number of morpholine rings is 1. The molecule has 9 nitrogen and oxygen atoms in total. The number of hydrogen-bond donors (Lipinski definition) is 2. The summed E-state index contributed by atoms with van der Waals surface area (Å²) in [4.78, 5) is 14.6. The molecule has 2 heterocycles. The number of benzene rings is 2. The predicted octanol–water partition coefficient (Wildman–Crippen LogP) is 1.98. The van der Waals surface area contributed by atoms with E-state index in [1.807, 2.05) is 59.2 Å². The molecule has 0 aliphatic carbocycles. The van der Waals surface area contributed by atoms with Crippen molar-refractivity contribution in [3.63, 3.8) is 0 Å². The molecule has 4 rings (SSSR count). The Labute approximate surface area is 187 Å². The summed E-state index contributed by atoms with van der Waals surface area (Å²) in [5.74, 6) is 1.45. The van der Waals surface area contributed by atoms with Crippen LogP contribution in [0.1, 0.15) is 11.4 Å². The first-order chi connectivity index (χ1) is 15.8. The second kappa shape index (κ2) is 11.3. The van der Waals surface area contributed by atoms with Gasteiger partial charge in [0.25, 0.3) is 0 Å². The Morgan fingerprint density at radius 2 is 1.84 bits per heavy atom. The first kappa shape index (κ1) is 21.8. The molecule has 168 valence electrons. The van der Waals surface area contributed by atoms with Crippen LogP contribution in [0, 0.1) is 0 Å². The molecule has 1 fully saturated rings. The fourth-order valence-electron chi connectivity index (χ4n) is 3.45. The summed E-state index contributed by atoms with van der Waals surface area (Å²) in [6.45, 7) is 5.64. The van der Waals surface area contributed by atoms with Gasteiger partial charge in [-0.25, -0.2) is 4.79 Å². The van der Waals surface area contributed by atoms with Crippen LogP contribution in [0.3, 0.4) is 0 Å². The van der Waals surface area contributed by atoms with E-state index in [-0.39, 0.29) is 12.6 Å². The lowest BCUT2D eigenvalue weighted by Gasteiger charge is -2.26. The summed E-state index contributed by atoms with van der Waals surface area (Å²) in [5, 5.41) is 13.8. The van der Waals surface area contributed by atoms with E-state index in [1.165, 1.54) is 0 Å². The van der Waals surface area contributed by atoms with Crippen LogP contribution in [-0.4, -0.2) is 65.2 Å². The highest BCUT2D eigenvalue weighted by molar-refractivity contribution is 5.73. The number of carbonyl (C=O) groups is 1. The maximum absolute atomic E-state index is 12.3. The molecule has 1 saturated heterocycles. The number of ether oxygens (including phenoxy) is 2. The number of nitrogens with zero attached hydrogens (tertiary/aromatic N) is 4. The first-order valence-electron chi connectivity index (χ1n) is 10.8. The van der Waals surface area contributed by atoms with Gasteiger partial charge in [-0.15, -0.1) is 10.2 Å². The summed E-state index contributed by atoms with van der Waals surface area (Å²) in [5.41, 5.74) is 1.91. The van der Waals surface area contributed by atoms with Crippen molar-refractivity contribution in [3.05, 3.63) is 72.3 Å². The highest BCUT2D eigenvalue weighted by atomic mass is 16.5. The van der Waals surface area contributed by atoms with Gasteiger partial charge in [0.15, 0.2) is 5.82 Å². The van der Waals surface area contributed by atoms with Crippen molar-refractivity contribution < 1.29 is 14.3 Å². The molecular weight excluding hydrogens is 408 g/mol. The molecule has 0 bridgehead atoms. The van der Waals surface area contributed by atoms with Gasteiger partial charge in [0, 0.05) is 31.9 Å². The molecule has 1 aromatic heterocycles. The van der Waals surface area contributed by atoms with Crippen LogP contribution in [0.4, 0.5) is 4.79 Å². The number of nitrogens with one attached hydrogen (secondary N) is 2. The van der Waals surface area contributed by atoms with E-state index in [0.29, 0.717) is 19.0 Å². The number of hydrogen-bond acceptors (Lipinski definition) is 6. The predicted molar refractivity (Wildman–Crippen MR) is 120 cm³/mol. The van der Waals surface area contributed by atoms with Crippen LogP contribution < -0.4 is 15.4 Å². The quantitative estimate of drug-likeness (QED) is 0.533. The van der Waals surface area contributed by atoms with Crippen molar-refractivity contribution in [1.82, 2.24) is 30.3 Å². The van der Waals surface area contributed by atoms with E-state index >= 15 is 0 Å². The molecule has 32 heavy (non-hydrogen) atoms. The number of rotatable bonds is 9. The highest BCUT2D eigenvalue weighted by Gasteiger charge is 2.10. The van der Waals surface area contributed by atoms with Gasteiger partial charge in [-0.1, -0.05) is 30.3 Å². The monoisotopic (exact) mass is 436 g/mol. The molecule has 0 saturated carbocycles. The lowest BCUT2D eigenvalue weighted by atomic mass is 10.2. The Kier molecular flexibility index (Phi) is 7.67. The molecule has 0 atom stereocenters. The van der Waals surface area contributed by atoms with E-state index in [1.54, 1.807) is 6.33 Å². The van der Waals surface area contributed by atoms with E-state index in [4.69, 9.17) is 9.47 Å². The molecule has 1 aliphatic rings. The summed E-state index contributed by atoms with van der Waals surface area (Å²) < 4.78 is 13.1. The van der Waals surface area contributed by atoms with Crippen molar-refractivity contribution in [1.29, 1.82) is 0 Å². The second-order valence-electron chi connectivity index (χ2n) is 7.44. The average Bonchev–Trinajstić information content (AvgIpc) is 3.32. The highest BCUT2D eigenvalue weighted by Crippen LogP contribution is 2.13. The third kappa shape index (κ3) is 6.29. The minimum atomic E-state index is -0.272. The Hall–Kier alpha value is -3.43. The van der Waals surface area contributed by atoms with Crippen molar-refractivity contribution in [2.24, 2.45) is 0 Å². The normalized spacial score (nSPS) is 14.1. The zero-order chi connectivity index (χ0) is 22.0. The lowest BCUT2D eigenvalue weighted by molar-refractivity contribution is 0.0322. The molecule has 9 heteroatoms. The Morgan fingerprint density at radius 3 is 2.69 bits per heavy atom. The summed E-state index contributed by atoms with van der Waals surface area (Å²) in [6, 6.07) is 17.3. The smallest absolute Gasteiger partial charge is 0.315 e. The maximum Gasteiger partial charge on any atom is 0.315 e. The van der Waals surface area contributed by atoms with Crippen molar-refractivity contribution in [2.75, 3.05) is 39.5 Å². The van der Waals surface area contributed by atoms with Gasteiger partial charge in [0.05, 0.1) is 19.8 Å². The molecule has 0 unspecified atom stereocenters. The number of para-hydroxylation sites is 1. The van der Waals surface area contributed by atoms with E-state index in [9.17, 15) is 4.79 Å². The van der Waals surface area contributed by atoms with Gasteiger partial charge in [-0.3, -0.25) is 9.47 Å². The Bertz CT molecular complexity index is 988. The maximum atomic E-state index is 12.3. The molecule has 2 aromatic carbocycles. The molecule has 3 aromatic rings. The zero-order valence-electron chi connectivity index (χ0n) is 17.9. The molecule has 2 amide bonds. The topological polar surface area (TPSA) is 93.5 Å². The minimum absolute atomic E-state index is 0.269. The summed E-state index contributed by atoms with van der Waals surface area (Å²) >= 11 is 0. The average molecular weight is 437 g/mol. The van der Waals surface area contributed by atoms with Crippen molar-refractivity contribution in [3.8, 4) is 11.4 Å². The molecule has 2 N–H and O–H groups in total. The van der Waals surface area contributed by atoms with Gasteiger partial charge < -0.3 is 20.1 Å². The van der Waals surface area contributed by atoms with Crippen molar-refractivity contribution >= 4 is 6.03 Å². The SMILES string of the molecule is O=C(NCc1cccc(OCCN2CCOCC2)c1)NCc1nncn1-c1ccccc1. The van der Waals surface area contributed by atoms with E-state index < -0.39 is 0 Å². The third-order valence-corrected chi connectivity index (χ3v) is 5.19. The largest absolute Gasteiger partial charge is 0.492 e. The fourth-order valence-corrected chi connectivity index (χ4v) is 3.45. The van der Waals surface area contributed by atoms with Crippen LogP contribution >= 0.6 is 0 Å². The van der Waals surface area contributed by atoms with Crippen LogP contribution in [0.25, 0.3) is 5.69 Å². The van der Waals surface area contributed by atoms with Gasteiger partial charge in [-0.2, -0.15) is 0 Å². The molecule has 0 radical (unpaired) electrons. The van der Waals surface area contributed by atoms with Gasteiger partial charge in [0.1, 0.15) is 18.7 Å². The molecular formula is C23H28N6O3. The van der Waals surface area contributed by atoms with Gasteiger partial charge >= 0.3 is 6.03 Å². The minimum Gasteiger partial charge on any atom is -0.492 e. The van der Waals surface area contributed by atoms with E-state index in [2.05, 4.69) is 25.7 Å². The summed E-state index contributed by atoms with van der Waals surface area (Å²) in [7, 11) is 0. The zero-order valence-corrected chi connectivity index (χ0v) is 17.9. The number of carbonyl (C=O) groups excluding carboxylic acids is 1. The Balaban J connectivity index is 1.21. The van der Waals surface area contributed by atoms with E-state index in [0.717, 1.165) is 49.8 Å². The Morgan fingerprint density at radius 1 is 1.03 bits per heavy atom. The molecule has 1 aliphatic heterocycles. The molecule has 0 spiro atoms. The number of aromatic nitrogens is 3. The standard InChI is InChI=1S/C23H28N6O3/c30-23(25-17-22-27-26-18-29(22)20-6-2-1-3-7-20)24-16-19-5-4-8-21(15-19)32-14-11-28-9-12-31-13-10-28/h1-8,15,18H,9-14,16-17H2,(H2,24,25,30). The van der Waals surface area contributed by atoms with Crippen LogP contribution in [0.2, 0.25) is 0 Å². The van der Waals surface area contributed by atoms with Crippen LogP contribution in [-0.2, 0) is 17.8 Å².